The van der Waals surface area contributed by atoms with Gasteiger partial charge in [-0.2, -0.15) is 0 Å². The van der Waals surface area contributed by atoms with Crippen molar-refractivity contribution in [3.63, 3.8) is 0 Å². The molecule has 0 fully saturated rings. The number of unbranched alkanes of at least 4 members (excludes halogenated alkanes) is 5. The molecule has 1 aliphatic carbocycles. The number of carboxylic acids is 1. The molecule has 1 aliphatic rings. The van der Waals surface area contributed by atoms with E-state index in [0.717, 1.165) is 41.5 Å². The zero-order valence-corrected chi connectivity index (χ0v) is 22.2. The van der Waals surface area contributed by atoms with Crippen LogP contribution in [-0.4, -0.2) is 52.1 Å². The van der Waals surface area contributed by atoms with Crippen molar-refractivity contribution in [2.24, 2.45) is 0 Å². The molecule has 0 saturated carbocycles. The monoisotopic (exact) mass is 533 g/mol. The van der Waals surface area contributed by atoms with E-state index in [1.54, 1.807) is 0 Å². The second-order valence-electron chi connectivity index (χ2n) is 9.72. The maximum atomic E-state index is 12.6. The second kappa shape index (κ2) is 13.6. The third kappa shape index (κ3) is 7.25. The Balaban J connectivity index is 1.27. The lowest BCUT2D eigenvalue weighted by Gasteiger charge is -2.17. The Bertz CT molecular complexity index is 1240. The fourth-order valence-electron chi connectivity index (χ4n) is 4.88. The number of hydrogen-bond acceptors (Lipinski definition) is 6. The highest BCUT2D eigenvalue weighted by molar-refractivity contribution is 5.81. The van der Waals surface area contributed by atoms with Crippen molar-refractivity contribution >= 4 is 18.2 Å². The molecule has 1 heterocycles. The zero-order chi connectivity index (χ0) is 27.6. The van der Waals surface area contributed by atoms with E-state index in [2.05, 4.69) is 17.2 Å². The van der Waals surface area contributed by atoms with E-state index in [0.29, 0.717) is 12.3 Å². The predicted molar refractivity (Wildman–Crippen MR) is 146 cm³/mol. The molecule has 3 aromatic rings. The Morgan fingerprint density at radius 1 is 0.949 bits per heavy atom. The average Bonchev–Trinajstić information content (AvgIpc) is 3.54. The number of aromatic nitrogens is 2. The molecule has 206 valence electrons. The number of imidazole rings is 1. The van der Waals surface area contributed by atoms with E-state index in [4.69, 9.17) is 9.47 Å². The number of rotatable bonds is 13. The number of alkyl carbamates (subject to hydrolysis) is 1. The molecule has 1 amide bonds. The van der Waals surface area contributed by atoms with Crippen LogP contribution in [0.15, 0.2) is 61.1 Å². The lowest BCUT2D eigenvalue weighted by Crippen LogP contribution is -2.43. The highest BCUT2D eigenvalue weighted by Crippen LogP contribution is 2.44. The Morgan fingerprint density at radius 3 is 2.26 bits per heavy atom. The Labute approximate surface area is 228 Å². The number of benzene rings is 2. The summed E-state index contributed by atoms with van der Waals surface area (Å²) in [5, 5.41) is 12.1. The van der Waals surface area contributed by atoms with Gasteiger partial charge in [-0.15, -0.1) is 0 Å². The first-order chi connectivity index (χ1) is 19.0. The van der Waals surface area contributed by atoms with Crippen molar-refractivity contribution < 1.29 is 29.0 Å². The quantitative estimate of drug-likeness (QED) is 0.268. The summed E-state index contributed by atoms with van der Waals surface area (Å²) in [7, 11) is 0. The molecule has 0 bridgehead atoms. The van der Waals surface area contributed by atoms with Gasteiger partial charge >= 0.3 is 18.2 Å². The van der Waals surface area contributed by atoms with Crippen molar-refractivity contribution in [2.75, 3.05) is 13.2 Å². The summed E-state index contributed by atoms with van der Waals surface area (Å²) in [5.41, 5.74) is 4.67. The zero-order valence-electron chi connectivity index (χ0n) is 22.2. The lowest BCUT2D eigenvalue weighted by atomic mass is 9.98. The first-order valence-electron chi connectivity index (χ1n) is 13.5. The number of carboxylic acid groups (broad SMARTS) is 1. The largest absolute Gasteiger partial charge is 0.480 e. The van der Waals surface area contributed by atoms with Crippen molar-refractivity contribution in [1.29, 1.82) is 0 Å². The van der Waals surface area contributed by atoms with Gasteiger partial charge in [0.2, 0.25) is 0 Å². The minimum absolute atomic E-state index is 0.0747. The fraction of sp³-hybridized carbons (Fsp3) is 0.400. The van der Waals surface area contributed by atoms with Crippen LogP contribution in [0, 0.1) is 0 Å². The van der Waals surface area contributed by atoms with Crippen LogP contribution < -0.4 is 5.32 Å². The topological polar surface area (TPSA) is 120 Å². The number of hydrogen-bond donors (Lipinski definition) is 2. The predicted octanol–water partition coefficient (Wildman–Crippen LogP) is 5.76. The SMILES string of the molecule is CCCCCCCCOC(=O)n1cnc(C[C@@H](NC(=O)OCC2c3ccccc3-c3ccccc32)C(=O)O)c1. The number of aliphatic carboxylic acids is 1. The molecule has 0 saturated heterocycles. The van der Waals surface area contributed by atoms with Crippen LogP contribution in [0.2, 0.25) is 0 Å². The normalized spacial score (nSPS) is 12.8. The number of amides is 1. The highest BCUT2D eigenvalue weighted by atomic mass is 16.6. The number of carbonyl (C=O) groups excluding carboxylic acids is 2. The van der Waals surface area contributed by atoms with Gasteiger partial charge in [-0.1, -0.05) is 87.6 Å². The fourth-order valence-corrected chi connectivity index (χ4v) is 4.88. The Kier molecular flexibility index (Phi) is 9.72. The van der Waals surface area contributed by atoms with Crippen LogP contribution in [0.5, 0.6) is 0 Å². The minimum Gasteiger partial charge on any atom is -0.480 e. The van der Waals surface area contributed by atoms with E-state index in [-0.39, 0.29) is 18.9 Å². The lowest BCUT2D eigenvalue weighted by molar-refractivity contribution is -0.139. The van der Waals surface area contributed by atoms with Crippen molar-refractivity contribution in [3.8, 4) is 11.1 Å². The molecule has 1 atom stereocenters. The number of ether oxygens (including phenoxy) is 2. The Morgan fingerprint density at radius 2 is 1.59 bits per heavy atom. The first kappa shape index (κ1) is 27.9. The van der Waals surface area contributed by atoms with Crippen molar-refractivity contribution in [2.45, 2.75) is 63.8 Å². The summed E-state index contributed by atoms with van der Waals surface area (Å²) in [4.78, 5) is 40.8. The standard InChI is InChI=1S/C30H35N3O6/c1-2-3-4-5-6-11-16-38-30(37)33-18-21(31-20-33)17-27(28(34)35)32-29(36)39-19-26-24-14-9-7-12-22(24)23-13-8-10-15-25(23)26/h7-10,12-15,18,20,26-27H,2-6,11,16-17,19H2,1H3,(H,32,36)(H,34,35)/t27-/m1/s1. The molecule has 1 aromatic heterocycles. The van der Waals surface area contributed by atoms with E-state index in [9.17, 15) is 19.5 Å². The van der Waals surface area contributed by atoms with Gasteiger partial charge < -0.3 is 19.9 Å². The molecule has 39 heavy (non-hydrogen) atoms. The van der Waals surface area contributed by atoms with Gasteiger partial charge in [0, 0.05) is 18.5 Å². The Hall–Kier alpha value is -4.14. The number of nitrogens with one attached hydrogen (secondary N) is 1. The molecular formula is C30H35N3O6. The summed E-state index contributed by atoms with van der Waals surface area (Å²) in [6, 6.07) is 14.7. The summed E-state index contributed by atoms with van der Waals surface area (Å²) in [5.74, 6) is -1.37. The third-order valence-electron chi connectivity index (χ3n) is 6.92. The second-order valence-corrected chi connectivity index (χ2v) is 9.72. The van der Waals surface area contributed by atoms with Crippen molar-refractivity contribution in [1.82, 2.24) is 14.9 Å². The third-order valence-corrected chi connectivity index (χ3v) is 6.92. The van der Waals surface area contributed by atoms with Crippen LogP contribution in [0.25, 0.3) is 11.1 Å². The molecule has 0 aliphatic heterocycles. The number of nitrogens with zero attached hydrogens (tertiary/aromatic N) is 2. The number of carbonyl (C=O) groups is 3. The maximum Gasteiger partial charge on any atom is 0.419 e. The highest BCUT2D eigenvalue weighted by Gasteiger charge is 2.30. The molecular weight excluding hydrogens is 498 g/mol. The van der Waals surface area contributed by atoms with E-state index in [1.165, 1.54) is 36.4 Å². The molecule has 0 radical (unpaired) electrons. The van der Waals surface area contributed by atoms with Gasteiger partial charge in [-0.3, -0.25) is 0 Å². The van der Waals surface area contributed by atoms with Gasteiger partial charge in [0.25, 0.3) is 0 Å². The minimum atomic E-state index is -1.27. The average molecular weight is 534 g/mol. The molecule has 9 nitrogen and oxygen atoms in total. The van der Waals surface area contributed by atoms with E-state index in [1.807, 2.05) is 48.5 Å². The van der Waals surface area contributed by atoms with Gasteiger partial charge in [0.15, 0.2) is 0 Å². The van der Waals surface area contributed by atoms with Gasteiger partial charge in [-0.05, 0) is 28.7 Å². The van der Waals surface area contributed by atoms with Crippen LogP contribution in [0.3, 0.4) is 0 Å². The van der Waals surface area contributed by atoms with Gasteiger partial charge in [0.1, 0.15) is 19.0 Å². The van der Waals surface area contributed by atoms with Crippen LogP contribution in [-0.2, 0) is 20.7 Å². The molecule has 2 N–H and O–H groups in total. The first-order valence-corrected chi connectivity index (χ1v) is 13.5. The summed E-state index contributed by atoms with van der Waals surface area (Å²) < 4.78 is 11.9. The van der Waals surface area contributed by atoms with Gasteiger partial charge in [-0.25, -0.2) is 23.9 Å². The molecule has 4 rings (SSSR count). The molecule has 9 heteroatoms. The smallest absolute Gasteiger partial charge is 0.419 e. The summed E-state index contributed by atoms with van der Waals surface area (Å²) >= 11 is 0. The summed E-state index contributed by atoms with van der Waals surface area (Å²) in [6.45, 7) is 2.56. The molecule has 0 spiro atoms. The molecule has 0 unspecified atom stereocenters. The van der Waals surface area contributed by atoms with Gasteiger partial charge in [0.05, 0.1) is 12.3 Å². The van der Waals surface area contributed by atoms with Crippen LogP contribution in [0.4, 0.5) is 9.59 Å². The maximum absolute atomic E-state index is 12.6. The molecule has 2 aromatic carbocycles. The van der Waals surface area contributed by atoms with Crippen LogP contribution in [0.1, 0.15) is 68.2 Å². The van der Waals surface area contributed by atoms with Crippen LogP contribution >= 0.6 is 0 Å². The van der Waals surface area contributed by atoms with E-state index < -0.39 is 24.2 Å². The number of fused-ring (bicyclic) bond motifs is 3. The summed E-state index contributed by atoms with van der Waals surface area (Å²) in [6.07, 6.45) is 7.68. The van der Waals surface area contributed by atoms with E-state index >= 15 is 0 Å². The van der Waals surface area contributed by atoms with Crippen molar-refractivity contribution in [3.05, 3.63) is 77.9 Å².